The van der Waals surface area contributed by atoms with Crippen LogP contribution in [0.1, 0.15) is 52.5 Å². The molecule has 0 aliphatic carbocycles. The second-order valence-corrected chi connectivity index (χ2v) is 7.37. The third-order valence-electron chi connectivity index (χ3n) is 3.20. The predicted octanol–water partition coefficient (Wildman–Crippen LogP) is 3.97. The zero-order valence-electron chi connectivity index (χ0n) is 12.7. The second kappa shape index (κ2) is 7.70. The van der Waals surface area contributed by atoms with Crippen molar-refractivity contribution in [2.24, 2.45) is 0 Å². The number of hydrogen-bond acceptors (Lipinski definition) is 4. The van der Waals surface area contributed by atoms with E-state index in [0.29, 0.717) is 4.88 Å². The number of nitrogens with one attached hydrogen (secondary N) is 1. The molecule has 2 N–H and O–H groups in total. The van der Waals surface area contributed by atoms with Gasteiger partial charge in [0.15, 0.2) is 0 Å². The van der Waals surface area contributed by atoms with Crippen LogP contribution in [0.15, 0.2) is 34.9 Å². The Morgan fingerprint density at radius 1 is 1.30 bits per heavy atom. The van der Waals surface area contributed by atoms with Crippen molar-refractivity contribution in [1.29, 1.82) is 0 Å². The first-order chi connectivity index (χ1) is 10.9. The summed E-state index contributed by atoms with van der Waals surface area (Å²) in [7, 11) is 0. The molecule has 2 rings (SSSR count). The van der Waals surface area contributed by atoms with Crippen molar-refractivity contribution in [2.75, 3.05) is 0 Å². The number of amides is 1. The number of thiazole rings is 1. The van der Waals surface area contributed by atoms with Crippen molar-refractivity contribution < 1.29 is 14.7 Å². The Balaban J connectivity index is 2.17. The summed E-state index contributed by atoms with van der Waals surface area (Å²) in [6, 6.07) is 6.64. The number of carboxylic acids is 1. The molecule has 122 valence electrons. The van der Waals surface area contributed by atoms with E-state index in [1.165, 1.54) is 17.5 Å². The first kappa shape index (κ1) is 17.6. The Hall–Kier alpha value is -1.73. The van der Waals surface area contributed by atoms with Gasteiger partial charge in [-0.25, -0.2) is 4.98 Å². The van der Waals surface area contributed by atoms with Gasteiger partial charge in [-0.1, -0.05) is 41.9 Å². The number of hydrogen-bond donors (Lipinski definition) is 2. The molecular formula is C16H17BrN2O3S. The van der Waals surface area contributed by atoms with E-state index in [0.717, 1.165) is 15.0 Å². The molecule has 2 aromatic rings. The van der Waals surface area contributed by atoms with Gasteiger partial charge in [0, 0.05) is 10.4 Å². The summed E-state index contributed by atoms with van der Waals surface area (Å²) in [4.78, 5) is 28.2. The number of nitrogens with zero attached hydrogens (tertiary/aromatic N) is 1. The number of halogens is 1. The molecule has 23 heavy (non-hydrogen) atoms. The van der Waals surface area contributed by atoms with Crippen LogP contribution in [0.2, 0.25) is 0 Å². The Bertz CT molecular complexity index is 698. The molecule has 5 nitrogen and oxygen atoms in total. The Morgan fingerprint density at radius 2 is 1.96 bits per heavy atom. The molecule has 1 aromatic heterocycles. The number of carbonyl (C=O) groups is 2. The van der Waals surface area contributed by atoms with E-state index in [-0.39, 0.29) is 18.2 Å². The molecule has 0 bridgehead atoms. The molecule has 0 saturated carbocycles. The van der Waals surface area contributed by atoms with Crippen LogP contribution in [0, 0.1) is 0 Å². The number of benzene rings is 1. The fourth-order valence-electron chi connectivity index (χ4n) is 2.01. The zero-order chi connectivity index (χ0) is 17.0. The third kappa shape index (κ3) is 4.87. The highest BCUT2D eigenvalue weighted by Gasteiger charge is 2.20. The van der Waals surface area contributed by atoms with E-state index < -0.39 is 12.0 Å². The molecule has 0 radical (unpaired) electrons. The smallest absolute Gasteiger partial charge is 0.305 e. The first-order valence-electron chi connectivity index (χ1n) is 7.10. The normalized spacial score (nSPS) is 12.2. The van der Waals surface area contributed by atoms with Crippen molar-refractivity contribution in [3.05, 3.63) is 50.4 Å². The lowest BCUT2D eigenvalue weighted by molar-refractivity contribution is -0.137. The lowest BCUT2D eigenvalue weighted by Gasteiger charge is -2.17. The summed E-state index contributed by atoms with van der Waals surface area (Å²) in [5, 5.41) is 12.8. The zero-order valence-corrected chi connectivity index (χ0v) is 15.1. The van der Waals surface area contributed by atoms with Crippen LogP contribution >= 0.6 is 27.3 Å². The van der Waals surface area contributed by atoms with Crippen LogP contribution in [-0.4, -0.2) is 22.0 Å². The summed E-state index contributed by atoms with van der Waals surface area (Å²) >= 11 is 4.67. The van der Waals surface area contributed by atoms with Crippen molar-refractivity contribution in [3.63, 3.8) is 0 Å². The number of rotatable bonds is 6. The Morgan fingerprint density at radius 3 is 2.48 bits per heavy atom. The summed E-state index contributed by atoms with van der Waals surface area (Å²) in [5.74, 6) is -1.02. The van der Waals surface area contributed by atoms with Crippen LogP contribution in [0.5, 0.6) is 0 Å². The molecular weight excluding hydrogens is 380 g/mol. The average Bonchev–Trinajstić information content (AvgIpc) is 2.97. The van der Waals surface area contributed by atoms with Crippen LogP contribution in [0.3, 0.4) is 0 Å². The van der Waals surface area contributed by atoms with E-state index in [1.807, 2.05) is 26.0 Å². The van der Waals surface area contributed by atoms with Crippen molar-refractivity contribution in [2.45, 2.75) is 32.2 Å². The fraction of sp³-hybridized carbons (Fsp3) is 0.312. The average molecular weight is 397 g/mol. The van der Waals surface area contributed by atoms with Crippen LogP contribution < -0.4 is 5.32 Å². The van der Waals surface area contributed by atoms with E-state index in [1.54, 1.807) is 12.1 Å². The van der Waals surface area contributed by atoms with Gasteiger partial charge in [-0.3, -0.25) is 9.59 Å². The van der Waals surface area contributed by atoms with Gasteiger partial charge in [0.1, 0.15) is 4.88 Å². The van der Waals surface area contributed by atoms with Gasteiger partial charge in [-0.15, -0.1) is 11.3 Å². The highest BCUT2D eigenvalue weighted by Crippen LogP contribution is 2.24. The van der Waals surface area contributed by atoms with Gasteiger partial charge in [-0.2, -0.15) is 0 Å². The van der Waals surface area contributed by atoms with E-state index in [2.05, 4.69) is 26.2 Å². The number of carboxylic acid groups (broad SMARTS) is 1. The molecule has 1 aromatic carbocycles. The highest BCUT2D eigenvalue weighted by atomic mass is 79.9. The quantitative estimate of drug-likeness (QED) is 0.773. The molecule has 1 unspecified atom stereocenters. The third-order valence-corrected chi connectivity index (χ3v) is 5.02. The van der Waals surface area contributed by atoms with Gasteiger partial charge < -0.3 is 10.4 Å². The van der Waals surface area contributed by atoms with Crippen molar-refractivity contribution in [1.82, 2.24) is 10.3 Å². The molecule has 0 spiro atoms. The molecule has 0 saturated heterocycles. The molecule has 1 atom stereocenters. The lowest BCUT2D eigenvalue weighted by Crippen LogP contribution is -2.29. The number of carbonyl (C=O) groups excluding carboxylic acids is 1. The maximum absolute atomic E-state index is 12.4. The predicted molar refractivity (Wildman–Crippen MR) is 92.8 cm³/mol. The minimum Gasteiger partial charge on any atom is -0.481 e. The molecule has 1 heterocycles. The molecule has 1 amide bonds. The van der Waals surface area contributed by atoms with Gasteiger partial charge in [0.25, 0.3) is 5.91 Å². The number of aromatic nitrogens is 1. The van der Waals surface area contributed by atoms with Crippen LogP contribution in [0.4, 0.5) is 0 Å². The molecule has 0 aliphatic heterocycles. The largest absolute Gasteiger partial charge is 0.481 e. The summed E-state index contributed by atoms with van der Waals surface area (Å²) in [6.07, 6.45) is 1.36. The van der Waals surface area contributed by atoms with Gasteiger partial charge in [0.05, 0.1) is 23.7 Å². The fourth-order valence-corrected chi connectivity index (χ4v) is 3.10. The summed E-state index contributed by atoms with van der Waals surface area (Å²) in [5.41, 5.74) is 0.748. The maximum atomic E-state index is 12.4. The van der Waals surface area contributed by atoms with E-state index >= 15 is 0 Å². The summed E-state index contributed by atoms with van der Waals surface area (Å²) < 4.78 is 0.894. The van der Waals surface area contributed by atoms with Crippen molar-refractivity contribution >= 4 is 39.1 Å². The highest BCUT2D eigenvalue weighted by molar-refractivity contribution is 9.10. The minimum atomic E-state index is -0.967. The van der Waals surface area contributed by atoms with E-state index in [4.69, 9.17) is 5.11 Å². The summed E-state index contributed by atoms with van der Waals surface area (Å²) in [6.45, 7) is 4.02. The number of aliphatic carboxylic acids is 1. The molecule has 0 aliphatic rings. The standard InChI is InChI=1S/C16H17BrN2O3S/c1-9(2)16-18-8-13(23-16)15(22)19-12(7-14(20)21)10-3-5-11(17)6-4-10/h3-6,8-9,12H,7H2,1-2H3,(H,19,22)(H,20,21). The lowest BCUT2D eigenvalue weighted by atomic mass is 10.0. The first-order valence-corrected chi connectivity index (χ1v) is 8.71. The van der Waals surface area contributed by atoms with Crippen LogP contribution in [-0.2, 0) is 4.79 Å². The Labute approximate surface area is 146 Å². The molecule has 7 heteroatoms. The SMILES string of the molecule is CC(C)c1ncc(C(=O)NC(CC(=O)O)c2ccc(Br)cc2)s1. The maximum Gasteiger partial charge on any atom is 0.305 e. The van der Waals surface area contributed by atoms with Gasteiger partial charge >= 0.3 is 5.97 Å². The van der Waals surface area contributed by atoms with Gasteiger partial charge in [-0.05, 0) is 17.7 Å². The minimum absolute atomic E-state index is 0.177. The second-order valence-electron chi connectivity index (χ2n) is 5.39. The monoisotopic (exact) mass is 396 g/mol. The van der Waals surface area contributed by atoms with Crippen LogP contribution in [0.25, 0.3) is 0 Å². The van der Waals surface area contributed by atoms with Gasteiger partial charge in [0.2, 0.25) is 0 Å². The Kier molecular flexibility index (Phi) is 5.90. The molecule has 0 fully saturated rings. The van der Waals surface area contributed by atoms with E-state index in [9.17, 15) is 9.59 Å². The topological polar surface area (TPSA) is 79.3 Å². The van der Waals surface area contributed by atoms with Crippen molar-refractivity contribution in [3.8, 4) is 0 Å².